The molecule has 0 amide bonds. The largest absolute Gasteiger partial charge is 0.313 e. The first-order valence-electron chi connectivity index (χ1n) is 5.71. The van der Waals surface area contributed by atoms with Crippen LogP contribution in [-0.2, 0) is 6.42 Å². The highest BCUT2D eigenvalue weighted by Gasteiger charge is 2.11. The van der Waals surface area contributed by atoms with Crippen LogP contribution in [0, 0.1) is 11.6 Å². The van der Waals surface area contributed by atoms with Crippen molar-refractivity contribution in [2.24, 2.45) is 0 Å². The van der Waals surface area contributed by atoms with Gasteiger partial charge >= 0.3 is 0 Å². The minimum absolute atomic E-state index is 0.00852. The molecule has 0 fully saturated rings. The van der Waals surface area contributed by atoms with Gasteiger partial charge in [0.15, 0.2) is 0 Å². The molecule has 1 unspecified atom stereocenters. The maximum atomic E-state index is 13.1. The summed E-state index contributed by atoms with van der Waals surface area (Å²) in [7, 11) is 1.82. The summed E-state index contributed by atoms with van der Waals surface area (Å²) in [4.78, 5) is 3.95. The summed E-state index contributed by atoms with van der Waals surface area (Å²) in [6.45, 7) is 0. The van der Waals surface area contributed by atoms with E-state index in [1.54, 1.807) is 12.4 Å². The zero-order valence-electron chi connectivity index (χ0n) is 10.0. The van der Waals surface area contributed by atoms with Crippen LogP contribution in [-0.4, -0.2) is 12.0 Å². The van der Waals surface area contributed by atoms with Gasteiger partial charge in [0, 0.05) is 24.5 Å². The summed E-state index contributed by atoms with van der Waals surface area (Å²) in [6.07, 6.45) is 3.92. The van der Waals surface area contributed by atoms with Crippen LogP contribution in [0.2, 0.25) is 0 Å². The number of pyridine rings is 1. The van der Waals surface area contributed by atoms with E-state index < -0.39 is 11.6 Å². The van der Waals surface area contributed by atoms with Gasteiger partial charge in [0.2, 0.25) is 0 Å². The van der Waals surface area contributed by atoms with Crippen LogP contribution < -0.4 is 5.32 Å². The number of rotatable bonds is 4. The van der Waals surface area contributed by atoms with Crippen LogP contribution in [0.5, 0.6) is 0 Å². The highest BCUT2D eigenvalue weighted by molar-refractivity contribution is 5.23. The molecule has 2 rings (SSSR count). The number of hydrogen-bond acceptors (Lipinski definition) is 2. The molecule has 0 aliphatic rings. The van der Waals surface area contributed by atoms with Gasteiger partial charge in [0.05, 0.1) is 0 Å². The molecule has 1 N–H and O–H groups in total. The van der Waals surface area contributed by atoms with E-state index in [1.807, 2.05) is 19.2 Å². The average molecular weight is 248 g/mol. The van der Waals surface area contributed by atoms with Crippen molar-refractivity contribution < 1.29 is 8.78 Å². The summed E-state index contributed by atoms with van der Waals surface area (Å²) in [5, 5.41) is 3.13. The second-order valence-corrected chi connectivity index (χ2v) is 4.10. The minimum Gasteiger partial charge on any atom is -0.313 e. The normalized spacial score (nSPS) is 12.4. The maximum Gasteiger partial charge on any atom is 0.126 e. The maximum absolute atomic E-state index is 13.1. The van der Waals surface area contributed by atoms with Crippen molar-refractivity contribution >= 4 is 0 Å². The summed E-state index contributed by atoms with van der Waals surface area (Å²) in [5.41, 5.74) is 1.67. The Balaban J connectivity index is 2.20. The highest BCUT2D eigenvalue weighted by atomic mass is 19.1. The Morgan fingerprint density at radius 1 is 1.11 bits per heavy atom. The second-order valence-electron chi connectivity index (χ2n) is 4.10. The van der Waals surface area contributed by atoms with E-state index >= 15 is 0 Å². The van der Waals surface area contributed by atoms with Gasteiger partial charge in [-0.15, -0.1) is 0 Å². The van der Waals surface area contributed by atoms with Crippen LogP contribution >= 0.6 is 0 Å². The Kier molecular flexibility index (Phi) is 3.99. The molecule has 0 saturated heterocycles. The van der Waals surface area contributed by atoms with Gasteiger partial charge in [0.25, 0.3) is 0 Å². The van der Waals surface area contributed by atoms with E-state index in [0.717, 1.165) is 11.6 Å². The average Bonchev–Trinajstić information content (AvgIpc) is 2.36. The topological polar surface area (TPSA) is 24.9 Å². The number of nitrogens with zero attached hydrogens (tertiary/aromatic N) is 1. The molecule has 4 heteroatoms. The first-order chi connectivity index (χ1) is 8.69. The van der Waals surface area contributed by atoms with Gasteiger partial charge in [-0.3, -0.25) is 4.98 Å². The van der Waals surface area contributed by atoms with Gasteiger partial charge < -0.3 is 5.32 Å². The van der Waals surface area contributed by atoms with Crippen molar-refractivity contribution in [3.63, 3.8) is 0 Å². The first-order valence-corrected chi connectivity index (χ1v) is 5.71. The Morgan fingerprint density at radius 2 is 1.72 bits per heavy atom. The highest BCUT2D eigenvalue weighted by Crippen LogP contribution is 2.18. The van der Waals surface area contributed by atoms with Gasteiger partial charge in [-0.25, -0.2) is 8.78 Å². The fourth-order valence-electron chi connectivity index (χ4n) is 1.95. The van der Waals surface area contributed by atoms with E-state index in [0.29, 0.717) is 12.0 Å². The molecule has 18 heavy (non-hydrogen) atoms. The molecule has 0 spiro atoms. The summed E-state index contributed by atoms with van der Waals surface area (Å²) < 4.78 is 26.2. The zero-order valence-corrected chi connectivity index (χ0v) is 10.0. The second kappa shape index (κ2) is 5.69. The Labute approximate surface area is 105 Å². The number of halogens is 2. The van der Waals surface area contributed by atoms with E-state index in [9.17, 15) is 8.78 Å². The van der Waals surface area contributed by atoms with Crippen molar-refractivity contribution in [1.29, 1.82) is 0 Å². The van der Waals surface area contributed by atoms with Crippen molar-refractivity contribution in [1.82, 2.24) is 10.3 Å². The van der Waals surface area contributed by atoms with Crippen molar-refractivity contribution in [2.45, 2.75) is 12.5 Å². The molecule has 2 aromatic rings. The molecular formula is C14H14F2N2. The summed E-state index contributed by atoms with van der Waals surface area (Å²) in [6, 6.07) is 7.37. The Bertz CT molecular complexity index is 494. The third-order valence-corrected chi connectivity index (χ3v) is 2.82. The molecule has 1 aromatic heterocycles. The van der Waals surface area contributed by atoms with Gasteiger partial charge in [-0.05, 0) is 48.9 Å². The molecule has 2 nitrogen and oxygen atoms in total. The quantitative estimate of drug-likeness (QED) is 0.900. The smallest absolute Gasteiger partial charge is 0.126 e. The lowest BCUT2D eigenvalue weighted by atomic mass is 10.00. The number of nitrogens with one attached hydrogen (secondary N) is 1. The summed E-state index contributed by atoms with van der Waals surface area (Å²) >= 11 is 0. The van der Waals surface area contributed by atoms with E-state index in [4.69, 9.17) is 0 Å². The van der Waals surface area contributed by atoms with Gasteiger partial charge in [-0.2, -0.15) is 0 Å². The van der Waals surface area contributed by atoms with E-state index in [-0.39, 0.29) is 6.04 Å². The molecule has 1 aromatic carbocycles. The Hall–Kier alpha value is -1.81. The predicted octanol–water partition coefficient (Wildman–Crippen LogP) is 2.86. The number of likely N-dealkylation sites (N-methyl/N-ethyl adjacent to an activating group) is 1. The molecule has 1 atom stereocenters. The van der Waals surface area contributed by atoms with E-state index in [1.165, 1.54) is 12.1 Å². The van der Waals surface area contributed by atoms with Crippen molar-refractivity contribution in [2.75, 3.05) is 7.05 Å². The number of benzene rings is 1. The fraction of sp³-hybridized carbons (Fsp3) is 0.214. The number of aromatic nitrogens is 1. The van der Waals surface area contributed by atoms with Crippen LogP contribution in [0.15, 0.2) is 42.7 Å². The SMILES string of the molecule is CNC(Cc1cc(F)cc(F)c1)c1ccncc1. The van der Waals surface area contributed by atoms with Gasteiger partial charge in [0.1, 0.15) is 11.6 Å². The lowest BCUT2D eigenvalue weighted by molar-refractivity contribution is 0.562. The molecule has 94 valence electrons. The minimum atomic E-state index is -0.547. The third-order valence-electron chi connectivity index (χ3n) is 2.82. The molecule has 0 aliphatic carbocycles. The lowest BCUT2D eigenvalue weighted by Gasteiger charge is -2.16. The number of hydrogen-bond donors (Lipinski definition) is 1. The van der Waals surface area contributed by atoms with Crippen LogP contribution in [0.3, 0.4) is 0 Å². The first kappa shape index (κ1) is 12.6. The van der Waals surface area contributed by atoms with Crippen LogP contribution in [0.1, 0.15) is 17.2 Å². The molecule has 0 radical (unpaired) electrons. The standard InChI is InChI=1S/C14H14F2N2/c1-17-14(11-2-4-18-5-3-11)8-10-6-12(15)9-13(16)7-10/h2-7,9,14,17H,8H2,1H3. The van der Waals surface area contributed by atoms with E-state index in [2.05, 4.69) is 10.3 Å². The zero-order chi connectivity index (χ0) is 13.0. The molecule has 1 heterocycles. The monoisotopic (exact) mass is 248 g/mol. The van der Waals surface area contributed by atoms with Crippen LogP contribution in [0.25, 0.3) is 0 Å². The van der Waals surface area contributed by atoms with Gasteiger partial charge in [-0.1, -0.05) is 0 Å². The van der Waals surface area contributed by atoms with Crippen molar-refractivity contribution in [3.05, 3.63) is 65.5 Å². The Morgan fingerprint density at radius 3 is 2.28 bits per heavy atom. The lowest BCUT2D eigenvalue weighted by Crippen LogP contribution is -2.19. The van der Waals surface area contributed by atoms with Crippen molar-refractivity contribution in [3.8, 4) is 0 Å². The third kappa shape index (κ3) is 3.11. The fourth-order valence-corrected chi connectivity index (χ4v) is 1.95. The summed E-state index contributed by atoms with van der Waals surface area (Å²) in [5.74, 6) is -1.09. The molecule has 0 bridgehead atoms. The predicted molar refractivity (Wildman–Crippen MR) is 66.1 cm³/mol. The van der Waals surface area contributed by atoms with Crippen LogP contribution in [0.4, 0.5) is 8.78 Å². The molecular weight excluding hydrogens is 234 g/mol. The molecule has 0 saturated carbocycles. The molecule has 0 aliphatic heterocycles.